The number of aromatic nitrogens is 3. The average molecular weight is 303 g/mol. The Kier molecular flexibility index (Phi) is 4.77. The van der Waals surface area contributed by atoms with Crippen molar-refractivity contribution in [1.82, 2.24) is 19.7 Å². The number of anilines is 1. The normalized spacial score (nSPS) is 12.0. The summed E-state index contributed by atoms with van der Waals surface area (Å²) in [5.41, 5.74) is 2.52. The maximum atomic E-state index is 12.0. The number of carbonyl (C=O) groups excluding carboxylic acids is 1. The van der Waals surface area contributed by atoms with Crippen molar-refractivity contribution in [2.75, 3.05) is 19.0 Å². The lowest BCUT2D eigenvalue weighted by molar-refractivity contribution is 0.166. The summed E-state index contributed by atoms with van der Waals surface area (Å²) in [6, 6.07) is 5.01. The molecule has 0 saturated carbocycles. The molecule has 1 unspecified atom stereocenters. The molecule has 0 bridgehead atoms. The van der Waals surface area contributed by atoms with Crippen LogP contribution in [-0.4, -0.2) is 50.5 Å². The van der Waals surface area contributed by atoms with Gasteiger partial charge in [-0.05, 0) is 39.0 Å². The van der Waals surface area contributed by atoms with Gasteiger partial charge in [0.05, 0.1) is 30.2 Å². The van der Waals surface area contributed by atoms with E-state index in [1.54, 1.807) is 37.0 Å². The Labute approximate surface area is 129 Å². The molecule has 2 rings (SSSR count). The maximum absolute atomic E-state index is 12.0. The zero-order valence-corrected chi connectivity index (χ0v) is 13.2. The van der Waals surface area contributed by atoms with Crippen LogP contribution in [0, 0.1) is 13.8 Å². The number of amides is 2. The summed E-state index contributed by atoms with van der Waals surface area (Å²) in [5, 5.41) is 16.2. The van der Waals surface area contributed by atoms with Crippen LogP contribution in [-0.2, 0) is 0 Å². The van der Waals surface area contributed by atoms with Gasteiger partial charge in [-0.2, -0.15) is 5.10 Å². The molecule has 0 aliphatic rings. The number of hydrogen-bond acceptors (Lipinski definition) is 4. The summed E-state index contributed by atoms with van der Waals surface area (Å²) in [5.74, 6) is 0.695. The molecule has 0 aromatic carbocycles. The minimum atomic E-state index is -0.290. The van der Waals surface area contributed by atoms with E-state index in [4.69, 9.17) is 5.11 Å². The number of hydrogen-bond donors (Lipinski definition) is 2. The van der Waals surface area contributed by atoms with E-state index >= 15 is 0 Å². The molecule has 2 amide bonds. The second-order valence-corrected chi connectivity index (χ2v) is 5.32. The third kappa shape index (κ3) is 3.43. The highest BCUT2D eigenvalue weighted by molar-refractivity contribution is 5.89. The lowest BCUT2D eigenvalue weighted by Crippen LogP contribution is -2.40. The summed E-state index contributed by atoms with van der Waals surface area (Å²) < 4.78 is 1.75. The molecule has 2 N–H and O–H groups in total. The number of likely N-dealkylation sites (N-methyl/N-ethyl adjacent to an activating group) is 1. The summed E-state index contributed by atoms with van der Waals surface area (Å²) in [4.78, 5) is 17.7. The SMILES string of the molecule is Cc1cc(C)n(-c2ccc(NC(=O)N(C)C(C)CO)cn2)n1. The number of nitrogens with zero attached hydrogens (tertiary/aromatic N) is 4. The van der Waals surface area contributed by atoms with E-state index in [-0.39, 0.29) is 18.7 Å². The molecule has 118 valence electrons. The van der Waals surface area contributed by atoms with Gasteiger partial charge in [-0.15, -0.1) is 0 Å². The molecule has 22 heavy (non-hydrogen) atoms. The molecule has 0 spiro atoms. The average Bonchev–Trinajstić information content (AvgIpc) is 2.85. The largest absolute Gasteiger partial charge is 0.394 e. The van der Waals surface area contributed by atoms with E-state index in [1.807, 2.05) is 19.9 Å². The Morgan fingerprint density at radius 2 is 2.18 bits per heavy atom. The number of nitrogens with one attached hydrogen (secondary N) is 1. The third-order valence-electron chi connectivity index (χ3n) is 3.47. The van der Waals surface area contributed by atoms with E-state index in [9.17, 15) is 4.79 Å². The second kappa shape index (κ2) is 6.57. The molecule has 0 saturated heterocycles. The maximum Gasteiger partial charge on any atom is 0.321 e. The Morgan fingerprint density at radius 3 is 2.68 bits per heavy atom. The topological polar surface area (TPSA) is 83.3 Å². The third-order valence-corrected chi connectivity index (χ3v) is 3.47. The van der Waals surface area contributed by atoms with Crippen molar-refractivity contribution in [2.24, 2.45) is 0 Å². The molecule has 0 radical (unpaired) electrons. The predicted octanol–water partition coefficient (Wildman–Crippen LogP) is 1.73. The summed E-state index contributed by atoms with van der Waals surface area (Å²) >= 11 is 0. The van der Waals surface area contributed by atoms with Gasteiger partial charge in [-0.25, -0.2) is 14.5 Å². The molecule has 7 heteroatoms. The molecule has 2 aromatic rings. The number of pyridine rings is 1. The van der Waals surface area contributed by atoms with Crippen molar-refractivity contribution in [1.29, 1.82) is 0 Å². The number of carbonyl (C=O) groups is 1. The highest BCUT2D eigenvalue weighted by atomic mass is 16.3. The molecular weight excluding hydrogens is 282 g/mol. The fraction of sp³-hybridized carbons (Fsp3) is 0.400. The number of urea groups is 1. The van der Waals surface area contributed by atoms with Crippen LogP contribution in [0.5, 0.6) is 0 Å². The fourth-order valence-corrected chi connectivity index (χ4v) is 1.98. The van der Waals surface area contributed by atoms with Crippen LogP contribution >= 0.6 is 0 Å². The van der Waals surface area contributed by atoms with Crippen LogP contribution < -0.4 is 5.32 Å². The second-order valence-electron chi connectivity index (χ2n) is 5.32. The van der Waals surface area contributed by atoms with E-state index in [2.05, 4.69) is 15.4 Å². The minimum Gasteiger partial charge on any atom is -0.394 e. The standard InChI is InChI=1S/C15H21N5O2/c1-10-7-11(2)20(18-10)14-6-5-13(8-16-14)17-15(22)19(4)12(3)9-21/h5-8,12,21H,9H2,1-4H3,(H,17,22). The fourth-order valence-electron chi connectivity index (χ4n) is 1.98. The summed E-state index contributed by atoms with van der Waals surface area (Å²) in [7, 11) is 1.63. The van der Waals surface area contributed by atoms with E-state index < -0.39 is 0 Å². The van der Waals surface area contributed by atoms with Crippen LogP contribution in [0.4, 0.5) is 10.5 Å². The van der Waals surface area contributed by atoms with Gasteiger partial charge in [0.15, 0.2) is 5.82 Å². The Bertz CT molecular complexity index is 650. The molecule has 0 fully saturated rings. The van der Waals surface area contributed by atoms with Gasteiger partial charge < -0.3 is 15.3 Å². The summed E-state index contributed by atoms with van der Waals surface area (Å²) in [6.45, 7) is 5.57. The van der Waals surface area contributed by atoms with Gasteiger partial charge >= 0.3 is 6.03 Å². The van der Waals surface area contributed by atoms with E-state index in [0.717, 1.165) is 11.4 Å². The predicted molar refractivity (Wildman–Crippen MR) is 84.2 cm³/mol. The molecule has 0 aliphatic heterocycles. The van der Waals surface area contributed by atoms with Crippen molar-refractivity contribution in [2.45, 2.75) is 26.8 Å². The zero-order valence-electron chi connectivity index (χ0n) is 13.2. The number of aryl methyl sites for hydroxylation is 2. The molecular formula is C15H21N5O2. The van der Waals surface area contributed by atoms with Crippen molar-refractivity contribution in [3.05, 3.63) is 35.8 Å². The molecule has 0 aliphatic carbocycles. The lowest BCUT2D eigenvalue weighted by Gasteiger charge is -2.23. The van der Waals surface area contributed by atoms with Gasteiger partial charge in [0.25, 0.3) is 0 Å². The van der Waals surface area contributed by atoms with Crippen molar-refractivity contribution < 1.29 is 9.90 Å². The minimum absolute atomic E-state index is 0.0843. The number of aliphatic hydroxyl groups excluding tert-OH is 1. The molecule has 1 atom stereocenters. The molecule has 7 nitrogen and oxygen atoms in total. The quantitative estimate of drug-likeness (QED) is 0.901. The monoisotopic (exact) mass is 303 g/mol. The van der Waals surface area contributed by atoms with Crippen molar-refractivity contribution in [3.63, 3.8) is 0 Å². The first-order chi connectivity index (χ1) is 10.4. The van der Waals surface area contributed by atoms with Crippen LogP contribution in [0.25, 0.3) is 5.82 Å². The first kappa shape index (κ1) is 16.0. The zero-order chi connectivity index (χ0) is 16.3. The van der Waals surface area contributed by atoms with Crippen LogP contribution in [0.15, 0.2) is 24.4 Å². The van der Waals surface area contributed by atoms with Crippen molar-refractivity contribution >= 4 is 11.7 Å². The van der Waals surface area contributed by atoms with Gasteiger partial charge in [0, 0.05) is 12.7 Å². The van der Waals surface area contributed by atoms with Crippen LogP contribution in [0.3, 0.4) is 0 Å². The first-order valence-corrected chi connectivity index (χ1v) is 7.06. The Morgan fingerprint density at radius 1 is 1.45 bits per heavy atom. The summed E-state index contributed by atoms with van der Waals surface area (Å²) in [6.07, 6.45) is 1.58. The Hall–Kier alpha value is -2.41. The van der Waals surface area contributed by atoms with Gasteiger partial charge in [-0.3, -0.25) is 0 Å². The van der Waals surface area contributed by atoms with E-state index in [1.165, 1.54) is 4.90 Å². The molecule has 2 heterocycles. The highest BCUT2D eigenvalue weighted by Gasteiger charge is 2.15. The van der Waals surface area contributed by atoms with Gasteiger partial charge in [-0.1, -0.05) is 0 Å². The lowest BCUT2D eigenvalue weighted by atomic mass is 10.3. The first-order valence-electron chi connectivity index (χ1n) is 7.06. The van der Waals surface area contributed by atoms with Crippen LogP contribution in [0.2, 0.25) is 0 Å². The number of aliphatic hydroxyl groups is 1. The van der Waals surface area contributed by atoms with Gasteiger partial charge in [0.1, 0.15) is 0 Å². The van der Waals surface area contributed by atoms with Gasteiger partial charge in [0.2, 0.25) is 0 Å². The molecule has 2 aromatic heterocycles. The highest BCUT2D eigenvalue weighted by Crippen LogP contribution is 2.13. The Balaban J connectivity index is 2.09. The smallest absolute Gasteiger partial charge is 0.321 e. The van der Waals surface area contributed by atoms with Crippen LogP contribution in [0.1, 0.15) is 18.3 Å². The number of rotatable bonds is 4. The van der Waals surface area contributed by atoms with Crippen molar-refractivity contribution in [3.8, 4) is 5.82 Å². The van der Waals surface area contributed by atoms with E-state index in [0.29, 0.717) is 11.5 Å².